The van der Waals surface area contributed by atoms with Gasteiger partial charge < -0.3 is 10.6 Å². The van der Waals surface area contributed by atoms with Crippen LogP contribution in [-0.2, 0) is 4.79 Å². The van der Waals surface area contributed by atoms with Crippen LogP contribution in [0, 0.1) is 26.7 Å². The van der Waals surface area contributed by atoms with E-state index in [0.717, 1.165) is 12.2 Å². The fraction of sp³-hybridized carbons (Fsp3) is 0.533. The Morgan fingerprint density at radius 1 is 1.17 bits per heavy atom. The summed E-state index contributed by atoms with van der Waals surface area (Å²) in [6, 6.07) is 4.25. The second kappa shape index (κ2) is 6.43. The van der Waals surface area contributed by atoms with Gasteiger partial charge in [0.1, 0.15) is 0 Å². The SMILES string of the molecule is Cc1cc(C)c(NCC(=O)NCC(C)C)c(C)c1. The molecule has 0 aliphatic carbocycles. The average Bonchev–Trinajstić information content (AvgIpc) is 2.24. The van der Waals surface area contributed by atoms with Gasteiger partial charge in [-0.2, -0.15) is 0 Å². The van der Waals surface area contributed by atoms with E-state index in [1.807, 2.05) is 0 Å². The lowest BCUT2D eigenvalue weighted by Crippen LogP contribution is -2.32. The van der Waals surface area contributed by atoms with E-state index in [1.54, 1.807) is 0 Å². The van der Waals surface area contributed by atoms with Gasteiger partial charge in [-0.25, -0.2) is 0 Å². The van der Waals surface area contributed by atoms with Crippen molar-refractivity contribution in [2.24, 2.45) is 5.92 Å². The highest BCUT2D eigenvalue weighted by atomic mass is 16.1. The van der Waals surface area contributed by atoms with Gasteiger partial charge in [-0.15, -0.1) is 0 Å². The van der Waals surface area contributed by atoms with E-state index < -0.39 is 0 Å². The van der Waals surface area contributed by atoms with Gasteiger partial charge in [-0.05, 0) is 37.8 Å². The van der Waals surface area contributed by atoms with Crippen molar-refractivity contribution >= 4 is 11.6 Å². The first-order chi connectivity index (χ1) is 8.40. The lowest BCUT2D eigenvalue weighted by molar-refractivity contribution is -0.119. The first kappa shape index (κ1) is 14.6. The van der Waals surface area contributed by atoms with E-state index in [1.165, 1.54) is 16.7 Å². The molecule has 1 rings (SSSR count). The largest absolute Gasteiger partial charge is 0.376 e. The molecule has 1 amide bonds. The number of carbonyl (C=O) groups is 1. The molecular formula is C15H24N2O. The van der Waals surface area contributed by atoms with E-state index in [2.05, 4.69) is 57.4 Å². The van der Waals surface area contributed by atoms with Crippen LogP contribution in [0.1, 0.15) is 30.5 Å². The zero-order valence-electron chi connectivity index (χ0n) is 12.1. The van der Waals surface area contributed by atoms with Crippen LogP contribution in [0.5, 0.6) is 0 Å². The predicted molar refractivity (Wildman–Crippen MR) is 77.0 cm³/mol. The van der Waals surface area contributed by atoms with E-state index in [-0.39, 0.29) is 5.91 Å². The Hall–Kier alpha value is -1.51. The minimum Gasteiger partial charge on any atom is -0.376 e. The van der Waals surface area contributed by atoms with Gasteiger partial charge >= 0.3 is 0 Å². The monoisotopic (exact) mass is 248 g/mol. The molecule has 0 radical (unpaired) electrons. The Labute approximate surface area is 110 Å². The molecule has 18 heavy (non-hydrogen) atoms. The lowest BCUT2D eigenvalue weighted by Gasteiger charge is -2.14. The van der Waals surface area contributed by atoms with Gasteiger partial charge in [0.25, 0.3) is 0 Å². The Morgan fingerprint density at radius 2 is 1.72 bits per heavy atom. The van der Waals surface area contributed by atoms with Crippen LogP contribution >= 0.6 is 0 Å². The number of benzene rings is 1. The maximum absolute atomic E-state index is 11.6. The number of anilines is 1. The summed E-state index contributed by atoms with van der Waals surface area (Å²) in [5.74, 6) is 0.528. The summed E-state index contributed by atoms with van der Waals surface area (Å²) in [5.41, 5.74) is 4.69. The Kier molecular flexibility index (Phi) is 5.20. The van der Waals surface area contributed by atoms with Crippen LogP contribution in [-0.4, -0.2) is 19.0 Å². The van der Waals surface area contributed by atoms with Gasteiger partial charge in [0, 0.05) is 12.2 Å². The molecule has 0 aliphatic heterocycles. The molecule has 0 heterocycles. The van der Waals surface area contributed by atoms with Crippen LogP contribution in [0.4, 0.5) is 5.69 Å². The van der Waals surface area contributed by atoms with Crippen molar-refractivity contribution in [2.75, 3.05) is 18.4 Å². The number of aryl methyl sites for hydroxylation is 3. The van der Waals surface area contributed by atoms with Gasteiger partial charge in [-0.3, -0.25) is 4.79 Å². The van der Waals surface area contributed by atoms with Gasteiger partial charge in [0.15, 0.2) is 0 Å². The topological polar surface area (TPSA) is 41.1 Å². The molecule has 0 spiro atoms. The molecule has 0 fully saturated rings. The highest BCUT2D eigenvalue weighted by Gasteiger charge is 2.06. The fourth-order valence-electron chi connectivity index (χ4n) is 2.01. The molecular weight excluding hydrogens is 224 g/mol. The summed E-state index contributed by atoms with van der Waals surface area (Å²) in [4.78, 5) is 11.6. The third kappa shape index (κ3) is 4.40. The number of hydrogen-bond donors (Lipinski definition) is 2. The Bertz CT molecular complexity index is 401. The number of rotatable bonds is 5. The Morgan fingerprint density at radius 3 is 2.22 bits per heavy atom. The van der Waals surface area contributed by atoms with E-state index in [0.29, 0.717) is 12.5 Å². The van der Waals surface area contributed by atoms with Crippen molar-refractivity contribution in [2.45, 2.75) is 34.6 Å². The average molecular weight is 248 g/mol. The van der Waals surface area contributed by atoms with Crippen molar-refractivity contribution in [1.82, 2.24) is 5.32 Å². The molecule has 1 aromatic carbocycles. The Balaban J connectivity index is 2.56. The molecule has 0 unspecified atom stereocenters. The molecule has 0 aliphatic rings. The second-order valence-corrected chi connectivity index (χ2v) is 5.33. The highest BCUT2D eigenvalue weighted by Crippen LogP contribution is 2.21. The van der Waals surface area contributed by atoms with E-state index in [4.69, 9.17) is 0 Å². The summed E-state index contributed by atoms with van der Waals surface area (Å²) in [6.07, 6.45) is 0. The van der Waals surface area contributed by atoms with Crippen molar-refractivity contribution in [3.8, 4) is 0 Å². The maximum atomic E-state index is 11.6. The van der Waals surface area contributed by atoms with Crippen molar-refractivity contribution in [3.05, 3.63) is 28.8 Å². The summed E-state index contributed by atoms with van der Waals surface area (Å²) in [5, 5.41) is 6.12. The maximum Gasteiger partial charge on any atom is 0.239 e. The highest BCUT2D eigenvalue weighted by molar-refractivity contribution is 5.81. The predicted octanol–water partition coefficient (Wildman–Crippen LogP) is 2.80. The van der Waals surface area contributed by atoms with Gasteiger partial charge in [0.2, 0.25) is 5.91 Å². The third-order valence-electron chi connectivity index (χ3n) is 2.81. The molecule has 100 valence electrons. The molecule has 2 N–H and O–H groups in total. The first-order valence-electron chi connectivity index (χ1n) is 6.48. The van der Waals surface area contributed by atoms with E-state index in [9.17, 15) is 4.79 Å². The van der Waals surface area contributed by atoms with Crippen LogP contribution < -0.4 is 10.6 Å². The van der Waals surface area contributed by atoms with Crippen molar-refractivity contribution < 1.29 is 4.79 Å². The van der Waals surface area contributed by atoms with Crippen molar-refractivity contribution in [3.63, 3.8) is 0 Å². The third-order valence-corrected chi connectivity index (χ3v) is 2.81. The smallest absolute Gasteiger partial charge is 0.239 e. The summed E-state index contributed by atoms with van der Waals surface area (Å²) in [7, 11) is 0. The normalized spacial score (nSPS) is 10.6. The quantitative estimate of drug-likeness (QED) is 0.841. The molecule has 0 saturated heterocycles. The van der Waals surface area contributed by atoms with Crippen LogP contribution in [0.15, 0.2) is 12.1 Å². The van der Waals surface area contributed by atoms with Gasteiger partial charge in [0.05, 0.1) is 6.54 Å². The fourth-order valence-corrected chi connectivity index (χ4v) is 2.01. The summed E-state index contributed by atoms with van der Waals surface area (Å²) < 4.78 is 0. The summed E-state index contributed by atoms with van der Waals surface area (Å²) in [6.45, 7) is 11.4. The molecule has 0 atom stereocenters. The minimum atomic E-state index is 0.0445. The van der Waals surface area contributed by atoms with Crippen LogP contribution in [0.3, 0.4) is 0 Å². The number of hydrogen-bond acceptors (Lipinski definition) is 2. The number of amides is 1. The minimum absolute atomic E-state index is 0.0445. The lowest BCUT2D eigenvalue weighted by atomic mass is 10.1. The first-order valence-corrected chi connectivity index (χ1v) is 6.48. The van der Waals surface area contributed by atoms with Gasteiger partial charge in [-0.1, -0.05) is 31.5 Å². The molecule has 0 saturated carbocycles. The number of carbonyl (C=O) groups excluding carboxylic acids is 1. The zero-order valence-corrected chi connectivity index (χ0v) is 12.1. The zero-order chi connectivity index (χ0) is 13.7. The molecule has 3 heteroatoms. The van der Waals surface area contributed by atoms with Crippen LogP contribution in [0.2, 0.25) is 0 Å². The second-order valence-electron chi connectivity index (χ2n) is 5.33. The van der Waals surface area contributed by atoms with Crippen molar-refractivity contribution in [1.29, 1.82) is 0 Å². The standard InChI is InChI=1S/C15H24N2O/c1-10(2)8-16-14(18)9-17-15-12(4)6-11(3)7-13(15)5/h6-7,10,17H,8-9H2,1-5H3,(H,16,18). The molecule has 0 bridgehead atoms. The van der Waals surface area contributed by atoms with Crippen LogP contribution in [0.25, 0.3) is 0 Å². The molecule has 0 aromatic heterocycles. The molecule has 3 nitrogen and oxygen atoms in total. The molecule has 1 aromatic rings. The van der Waals surface area contributed by atoms with E-state index >= 15 is 0 Å². The summed E-state index contributed by atoms with van der Waals surface area (Å²) >= 11 is 0. The number of nitrogens with one attached hydrogen (secondary N) is 2.